The molecular formula is C19H22N2O6S. The summed E-state index contributed by atoms with van der Waals surface area (Å²) in [6.45, 7) is 2.65. The van der Waals surface area contributed by atoms with Crippen LogP contribution in [-0.4, -0.2) is 39.2 Å². The van der Waals surface area contributed by atoms with Crippen molar-refractivity contribution in [1.29, 1.82) is 0 Å². The van der Waals surface area contributed by atoms with Crippen LogP contribution in [0.25, 0.3) is 0 Å². The quantitative estimate of drug-likeness (QED) is 0.757. The van der Waals surface area contributed by atoms with Crippen LogP contribution >= 0.6 is 0 Å². The lowest BCUT2D eigenvalue weighted by Crippen LogP contribution is -2.28. The van der Waals surface area contributed by atoms with Gasteiger partial charge in [-0.2, -0.15) is 0 Å². The third-order valence-corrected chi connectivity index (χ3v) is 5.65. The van der Waals surface area contributed by atoms with E-state index in [0.717, 1.165) is 18.9 Å². The first-order valence-electron chi connectivity index (χ1n) is 8.73. The number of rotatable bonds is 6. The van der Waals surface area contributed by atoms with Gasteiger partial charge in [0, 0.05) is 12.6 Å². The van der Waals surface area contributed by atoms with E-state index in [1.807, 2.05) is 11.8 Å². The van der Waals surface area contributed by atoms with Gasteiger partial charge in [-0.1, -0.05) is 0 Å². The summed E-state index contributed by atoms with van der Waals surface area (Å²) in [7, 11) is -2.70. The molecule has 1 unspecified atom stereocenters. The molecule has 1 atom stereocenters. The van der Waals surface area contributed by atoms with E-state index < -0.39 is 16.0 Å². The van der Waals surface area contributed by atoms with Crippen molar-refractivity contribution in [2.45, 2.75) is 30.7 Å². The van der Waals surface area contributed by atoms with Gasteiger partial charge in [0.1, 0.15) is 16.4 Å². The summed E-state index contributed by atoms with van der Waals surface area (Å²) in [6, 6.07) is 9.18. The number of hydrogen-bond donors (Lipinski definition) is 2. The SMILES string of the molecule is COc1ccc(Oc2c(N3CCCC3C)cc(C(=O)O)cc2S(N)(=O)=O)cc1. The molecule has 1 heterocycles. The molecule has 0 radical (unpaired) electrons. The fourth-order valence-corrected chi connectivity index (χ4v) is 3.99. The van der Waals surface area contributed by atoms with E-state index in [9.17, 15) is 18.3 Å². The number of carbonyl (C=O) groups is 1. The molecular weight excluding hydrogens is 384 g/mol. The summed E-state index contributed by atoms with van der Waals surface area (Å²) in [5.41, 5.74) is 0.227. The number of aromatic carboxylic acids is 1. The molecule has 150 valence electrons. The first-order valence-corrected chi connectivity index (χ1v) is 10.3. The number of hydrogen-bond acceptors (Lipinski definition) is 6. The van der Waals surface area contributed by atoms with Crippen LogP contribution in [0.4, 0.5) is 5.69 Å². The Morgan fingerprint density at radius 2 is 1.86 bits per heavy atom. The zero-order valence-electron chi connectivity index (χ0n) is 15.6. The molecule has 3 N–H and O–H groups in total. The van der Waals surface area contributed by atoms with Crippen LogP contribution in [0.15, 0.2) is 41.3 Å². The minimum atomic E-state index is -4.23. The van der Waals surface area contributed by atoms with Gasteiger partial charge in [0.05, 0.1) is 18.4 Å². The number of ether oxygens (including phenoxy) is 2. The average molecular weight is 406 g/mol. The van der Waals surface area contributed by atoms with E-state index in [1.165, 1.54) is 13.2 Å². The molecule has 8 nitrogen and oxygen atoms in total. The van der Waals surface area contributed by atoms with Gasteiger partial charge >= 0.3 is 5.97 Å². The number of carboxylic acid groups (broad SMARTS) is 1. The van der Waals surface area contributed by atoms with E-state index in [-0.39, 0.29) is 22.3 Å². The standard InChI is InChI=1S/C19H22N2O6S/c1-12-4-3-9-21(12)16-10-13(19(22)23)11-17(28(20,24)25)18(16)27-15-7-5-14(26-2)6-8-15/h5-8,10-12H,3-4,9H2,1-2H3,(H,22,23)(H2,20,24,25). The lowest BCUT2D eigenvalue weighted by atomic mass is 10.1. The van der Waals surface area contributed by atoms with Crippen LogP contribution in [0.1, 0.15) is 30.1 Å². The first-order chi connectivity index (χ1) is 13.2. The molecule has 3 rings (SSSR count). The third kappa shape index (κ3) is 4.05. The molecule has 0 spiro atoms. The molecule has 0 saturated carbocycles. The van der Waals surface area contributed by atoms with Crippen LogP contribution < -0.4 is 19.5 Å². The Hall–Kier alpha value is -2.78. The summed E-state index contributed by atoms with van der Waals surface area (Å²) in [6.07, 6.45) is 1.81. The van der Waals surface area contributed by atoms with Crippen LogP contribution in [0.5, 0.6) is 17.2 Å². The van der Waals surface area contributed by atoms with Gasteiger partial charge in [0.25, 0.3) is 0 Å². The minimum Gasteiger partial charge on any atom is -0.497 e. The highest BCUT2D eigenvalue weighted by Crippen LogP contribution is 2.42. The van der Waals surface area contributed by atoms with E-state index >= 15 is 0 Å². The summed E-state index contributed by atoms with van der Waals surface area (Å²) in [5, 5.41) is 14.8. The number of anilines is 1. The average Bonchev–Trinajstić information content (AvgIpc) is 3.07. The summed E-state index contributed by atoms with van der Waals surface area (Å²) < 4.78 is 35.5. The zero-order chi connectivity index (χ0) is 20.5. The first kappa shape index (κ1) is 20.0. The molecule has 1 aliphatic rings. The van der Waals surface area contributed by atoms with Gasteiger partial charge in [0.15, 0.2) is 5.75 Å². The van der Waals surface area contributed by atoms with Crippen LogP contribution in [0.2, 0.25) is 0 Å². The molecule has 0 amide bonds. The van der Waals surface area contributed by atoms with Crippen LogP contribution in [0, 0.1) is 0 Å². The molecule has 1 aliphatic heterocycles. The fraction of sp³-hybridized carbons (Fsp3) is 0.316. The van der Waals surface area contributed by atoms with Crippen molar-refractivity contribution in [3.05, 3.63) is 42.0 Å². The maximum Gasteiger partial charge on any atom is 0.335 e. The number of nitrogens with zero attached hydrogens (tertiary/aromatic N) is 1. The molecule has 2 aromatic carbocycles. The van der Waals surface area contributed by atoms with Crippen molar-refractivity contribution < 1.29 is 27.8 Å². The maximum absolute atomic E-state index is 12.2. The predicted octanol–water partition coefficient (Wildman–Crippen LogP) is 2.82. The molecule has 2 aromatic rings. The third-order valence-electron chi connectivity index (χ3n) is 4.73. The van der Waals surface area contributed by atoms with E-state index in [4.69, 9.17) is 14.6 Å². The van der Waals surface area contributed by atoms with Crippen molar-refractivity contribution in [3.8, 4) is 17.2 Å². The predicted molar refractivity (Wildman–Crippen MR) is 104 cm³/mol. The Balaban J connectivity index is 2.19. The highest BCUT2D eigenvalue weighted by atomic mass is 32.2. The molecule has 9 heteroatoms. The second kappa shape index (κ2) is 7.69. The Labute approximate surface area is 163 Å². The van der Waals surface area contributed by atoms with Crippen LogP contribution in [-0.2, 0) is 10.0 Å². The van der Waals surface area contributed by atoms with Gasteiger partial charge in [0.2, 0.25) is 10.0 Å². The lowest BCUT2D eigenvalue weighted by Gasteiger charge is -2.27. The molecule has 1 saturated heterocycles. The number of nitrogens with two attached hydrogens (primary N) is 1. The number of primary sulfonamides is 1. The van der Waals surface area contributed by atoms with Crippen molar-refractivity contribution in [1.82, 2.24) is 0 Å². The lowest BCUT2D eigenvalue weighted by molar-refractivity contribution is 0.0696. The summed E-state index contributed by atoms with van der Waals surface area (Å²) in [4.78, 5) is 13.1. The second-order valence-corrected chi connectivity index (χ2v) is 8.16. The topological polar surface area (TPSA) is 119 Å². The van der Waals surface area contributed by atoms with E-state index in [0.29, 0.717) is 23.7 Å². The zero-order valence-corrected chi connectivity index (χ0v) is 16.4. The molecule has 0 bridgehead atoms. The van der Waals surface area contributed by atoms with Crippen molar-refractivity contribution in [3.63, 3.8) is 0 Å². The smallest absolute Gasteiger partial charge is 0.335 e. The molecule has 0 aliphatic carbocycles. The Kier molecular flexibility index (Phi) is 5.48. The highest BCUT2D eigenvalue weighted by molar-refractivity contribution is 7.89. The molecule has 28 heavy (non-hydrogen) atoms. The summed E-state index contributed by atoms with van der Waals surface area (Å²) in [5.74, 6) is -0.226. The number of benzene rings is 2. The van der Waals surface area contributed by atoms with E-state index in [1.54, 1.807) is 24.3 Å². The minimum absolute atomic E-state index is 0.0198. The van der Waals surface area contributed by atoms with Gasteiger partial charge in [-0.05, 0) is 56.2 Å². The molecule has 1 fully saturated rings. The maximum atomic E-state index is 12.2. The van der Waals surface area contributed by atoms with Crippen LogP contribution in [0.3, 0.4) is 0 Å². The van der Waals surface area contributed by atoms with Gasteiger partial charge < -0.3 is 19.5 Å². The Bertz CT molecular complexity index is 988. The molecule has 0 aromatic heterocycles. The van der Waals surface area contributed by atoms with Gasteiger partial charge in [-0.25, -0.2) is 18.4 Å². The van der Waals surface area contributed by atoms with E-state index in [2.05, 4.69) is 0 Å². The largest absolute Gasteiger partial charge is 0.497 e. The number of sulfonamides is 1. The summed E-state index contributed by atoms with van der Waals surface area (Å²) >= 11 is 0. The van der Waals surface area contributed by atoms with Crippen molar-refractivity contribution in [2.24, 2.45) is 5.14 Å². The number of methoxy groups -OCH3 is 1. The van der Waals surface area contributed by atoms with Gasteiger partial charge in [-0.15, -0.1) is 0 Å². The second-order valence-electron chi connectivity index (χ2n) is 6.64. The van der Waals surface area contributed by atoms with Crippen molar-refractivity contribution in [2.75, 3.05) is 18.6 Å². The normalized spacial score (nSPS) is 16.8. The number of carboxylic acids is 1. The highest BCUT2D eigenvalue weighted by Gasteiger charge is 2.30. The van der Waals surface area contributed by atoms with Gasteiger partial charge in [-0.3, -0.25) is 0 Å². The fourth-order valence-electron chi connectivity index (χ4n) is 3.29. The van der Waals surface area contributed by atoms with Crippen molar-refractivity contribution >= 4 is 21.7 Å². The Morgan fingerprint density at radius 3 is 2.36 bits per heavy atom. The monoisotopic (exact) mass is 406 g/mol. The Morgan fingerprint density at radius 1 is 1.21 bits per heavy atom.